The Kier molecular flexibility index (Phi) is 3.05. The van der Waals surface area contributed by atoms with E-state index in [9.17, 15) is 0 Å². The number of hydrogen-bond acceptors (Lipinski definition) is 3. The molecule has 15 heavy (non-hydrogen) atoms. The second-order valence-electron chi connectivity index (χ2n) is 4.61. The Labute approximate surface area is 91.1 Å². The van der Waals surface area contributed by atoms with Crippen LogP contribution in [0.4, 0.5) is 0 Å². The molecule has 0 saturated carbocycles. The molecule has 1 aliphatic rings. The summed E-state index contributed by atoms with van der Waals surface area (Å²) in [5, 5.41) is 11.9. The summed E-state index contributed by atoms with van der Waals surface area (Å²) >= 11 is 0. The van der Waals surface area contributed by atoms with Crippen molar-refractivity contribution in [2.45, 2.75) is 45.1 Å². The average molecular weight is 208 g/mol. The van der Waals surface area contributed by atoms with Crippen molar-refractivity contribution in [2.24, 2.45) is 0 Å². The van der Waals surface area contributed by atoms with Gasteiger partial charge in [-0.05, 0) is 40.2 Å². The van der Waals surface area contributed by atoms with Crippen LogP contribution < -0.4 is 5.32 Å². The quantitative estimate of drug-likeness (QED) is 0.818. The fraction of sp³-hybridized carbons (Fsp3) is 0.818. The van der Waals surface area contributed by atoms with Crippen LogP contribution in [0.5, 0.6) is 0 Å². The lowest BCUT2D eigenvalue weighted by molar-refractivity contribution is 0.470. The van der Waals surface area contributed by atoms with Crippen LogP contribution in [0.2, 0.25) is 0 Å². The van der Waals surface area contributed by atoms with Gasteiger partial charge in [-0.15, -0.1) is 5.10 Å². The molecule has 4 heteroatoms. The van der Waals surface area contributed by atoms with Crippen LogP contribution in [0.3, 0.4) is 0 Å². The summed E-state index contributed by atoms with van der Waals surface area (Å²) < 4.78 is 2.08. The van der Waals surface area contributed by atoms with Crippen LogP contribution in [-0.4, -0.2) is 28.6 Å². The van der Waals surface area contributed by atoms with Gasteiger partial charge in [0.15, 0.2) is 0 Å². The van der Waals surface area contributed by atoms with E-state index in [-0.39, 0.29) is 0 Å². The largest absolute Gasteiger partial charge is 0.319 e. The number of hydrogen-bond donors (Lipinski definition) is 1. The average Bonchev–Trinajstić information content (AvgIpc) is 2.62. The van der Waals surface area contributed by atoms with Gasteiger partial charge in [-0.2, -0.15) is 0 Å². The van der Waals surface area contributed by atoms with Gasteiger partial charge in [-0.25, -0.2) is 4.68 Å². The van der Waals surface area contributed by atoms with E-state index in [0.29, 0.717) is 12.0 Å². The summed E-state index contributed by atoms with van der Waals surface area (Å²) in [5.74, 6) is 0.561. The molecule has 1 aliphatic carbocycles. The molecule has 1 atom stereocenters. The first-order valence-corrected chi connectivity index (χ1v) is 5.82. The molecule has 1 aromatic rings. The maximum atomic E-state index is 4.35. The zero-order valence-corrected chi connectivity index (χ0v) is 9.82. The van der Waals surface area contributed by atoms with Gasteiger partial charge in [-0.3, -0.25) is 0 Å². The lowest BCUT2D eigenvalue weighted by Crippen LogP contribution is -2.22. The molecule has 0 bridgehead atoms. The second-order valence-corrected chi connectivity index (χ2v) is 4.61. The Morgan fingerprint density at radius 2 is 2.33 bits per heavy atom. The van der Waals surface area contributed by atoms with Gasteiger partial charge >= 0.3 is 0 Å². The minimum Gasteiger partial charge on any atom is -0.319 e. The fourth-order valence-electron chi connectivity index (χ4n) is 2.40. The van der Waals surface area contributed by atoms with E-state index < -0.39 is 0 Å². The molecule has 84 valence electrons. The predicted molar refractivity (Wildman–Crippen MR) is 60.0 cm³/mol. The van der Waals surface area contributed by atoms with E-state index in [0.717, 1.165) is 13.0 Å². The summed E-state index contributed by atoms with van der Waals surface area (Å²) in [6.07, 6.45) is 3.64. The molecule has 1 aromatic heterocycles. The smallest absolute Gasteiger partial charge is 0.0902 e. The van der Waals surface area contributed by atoms with Gasteiger partial charge in [0.25, 0.3) is 0 Å². The van der Waals surface area contributed by atoms with Crippen LogP contribution in [0.15, 0.2) is 0 Å². The molecule has 2 rings (SSSR count). The monoisotopic (exact) mass is 208 g/mol. The molecule has 0 aromatic carbocycles. The molecule has 0 aliphatic heterocycles. The van der Waals surface area contributed by atoms with Gasteiger partial charge in [0.05, 0.1) is 11.4 Å². The van der Waals surface area contributed by atoms with Crippen LogP contribution in [0.1, 0.15) is 50.0 Å². The van der Waals surface area contributed by atoms with Crippen molar-refractivity contribution in [3.05, 3.63) is 11.4 Å². The molecule has 1 unspecified atom stereocenters. The number of likely N-dealkylation sites (N-methyl/N-ethyl adjacent to an activating group) is 1. The molecule has 4 nitrogen and oxygen atoms in total. The predicted octanol–water partition coefficient (Wildman–Crippen LogP) is 1.50. The van der Waals surface area contributed by atoms with Crippen molar-refractivity contribution in [3.63, 3.8) is 0 Å². The molecule has 0 radical (unpaired) electrons. The summed E-state index contributed by atoms with van der Waals surface area (Å²) in [6.45, 7) is 5.34. The summed E-state index contributed by atoms with van der Waals surface area (Å²) in [5.41, 5.74) is 2.58. The molecule has 1 heterocycles. The Morgan fingerprint density at radius 3 is 3.00 bits per heavy atom. The number of aromatic nitrogens is 3. The van der Waals surface area contributed by atoms with Crippen molar-refractivity contribution in [2.75, 3.05) is 13.6 Å². The topological polar surface area (TPSA) is 42.7 Å². The zero-order valence-electron chi connectivity index (χ0n) is 9.82. The van der Waals surface area contributed by atoms with E-state index in [2.05, 4.69) is 34.2 Å². The van der Waals surface area contributed by atoms with E-state index >= 15 is 0 Å². The van der Waals surface area contributed by atoms with Crippen molar-refractivity contribution < 1.29 is 0 Å². The number of rotatable bonds is 3. The fourth-order valence-corrected chi connectivity index (χ4v) is 2.40. The van der Waals surface area contributed by atoms with Crippen LogP contribution >= 0.6 is 0 Å². The lowest BCUT2D eigenvalue weighted by Gasteiger charge is -2.21. The molecular weight excluding hydrogens is 188 g/mol. The Balaban J connectivity index is 2.29. The summed E-state index contributed by atoms with van der Waals surface area (Å²) in [7, 11) is 2.00. The molecule has 0 spiro atoms. The molecular formula is C11H20N4. The lowest BCUT2D eigenvalue weighted by atomic mass is 9.89. The minimum absolute atomic E-state index is 0.426. The first-order valence-electron chi connectivity index (χ1n) is 5.82. The van der Waals surface area contributed by atoms with Gasteiger partial charge in [0.1, 0.15) is 0 Å². The minimum atomic E-state index is 0.426. The van der Waals surface area contributed by atoms with Crippen molar-refractivity contribution in [1.29, 1.82) is 0 Å². The van der Waals surface area contributed by atoms with Crippen molar-refractivity contribution in [1.82, 2.24) is 20.3 Å². The normalized spacial score (nSPS) is 20.7. The van der Waals surface area contributed by atoms with Crippen LogP contribution in [0.25, 0.3) is 0 Å². The van der Waals surface area contributed by atoms with Crippen LogP contribution in [0, 0.1) is 0 Å². The van der Waals surface area contributed by atoms with E-state index in [1.807, 2.05) is 7.05 Å². The van der Waals surface area contributed by atoms with Gasteiger partial charge < -0.3 is 5.32 Å². The van der Waals surface area contributed by atoms with Crippen molar-refractivity contribution in [3.8, 4) is 0 Å². The first-order chi connectivity index (χ1) is 7.24. The number of nitrogens with zero attached hydrogens (tertiary/aromatic N) is 3. The molecule has 1 N–H and O–H groups in total. The third-order valence-corrected chi connectivity index (χ3v) is 3.11. The Morgan fingerprint density at radius 1 is 1.53 bits per heavy atom. The Bertz CT molecular complexity index is 329. The zero-order chi connectivity index (χ0) is 10.8. The molecule has 0 saturated heterocycles. The highest BCUT2D eigenvalue weighted by molar-refractivity contribution is 5.19. The van der Waals surface area contributed by atoms with Gasteiger partial charge in [-0.1, -0.05) is 5.21 Å². The third kappa shape index (κ3) is 1.91. The maximum absolute atomic E-state index is 4.35. The van der Waals surface area contributed by atoms with E-state index in [4.69, 9.17) is 0 Å². The standard InChI is InChI=1S/C11H20N4/c1-8(2)15-10-6-4-5-9(7-12-3)11(10)13-14-15/h8-9,12H,4-7H2,1-3H3. The summed E-state index contributed by atoms with van der Waals surface area (Å²) in [6, 6.07) is 0.426. The molecule has 0 fully saturated rings. The highest BCUT2D eigenvalue weighted by atomic mass is 15.4. The number of fused-ring (bicyclic) bond motifs is 1. The highest BCUT2D eigenvalue weighted by Crippen LogP contribution is 2.30. The first kappa shape index (κ1) is 10.6. The second kappa shape index (κ2) is 4.31. The highest BCUT2D eigenvalue weighted by Gasteiger charge is 2.25. The van der Waals surface area contributed by atoms with E-state index in [1.165, 1.54) is 24.2 Å². The summed E-state index contributed by atoms with van der Waals surface area (Å²) in [4.78, 5) is 0. The van der Waals surface area contributed by atoms with Gasteiger partial charge in [0.2, 0.25) is 0 Å². The SMILES string of the molecule is CNCC1CCCc2c1nnn2C(C)C. The van der Waals surface area contributed by atoms with Crippen LogP contribution in [-0.2, 0) is 6.42 Å². The van der Waals surface area contributed by atoms with Gasteiger partial charge in [0, 0.05) is 18.5 Å². The molecule has 0 amide bonds. The maximum Gasteiger partial charge on any atom is 0.0902 e. The number of nitrogens with one attached hydrogen (secondary N) is 1. The van der Waals surface area contributed by atoms with Crippen molar-refractivity contribution >= 4 is 0 Å². The van der Waals surface area contributed by atoms with E-state index in [1.54, 1.807) is 0 Å². The third-order valence-electron chi connectivity index (χ3n) is 3.11. The Hall–Kier alpha value is -0.900.